The predicted molar refractivity (Wildman–Crippen MR) is 105 cm³/mol. The van der Waals surface area contributed by atoms with Crippen LogP contribution >= 0.6 is 11.8 Å². The molecule has 0 bridgehead atoms. The Bertz CT molecular complexity index is 778. The average molecular weight is 428 g/mol. The highest BCUT2D eigenvalue weighted by Crippen LogP contribution is 2.31. The van der Waals surface area contributed by atoms with Crippen molar-refractivity contribution in [3.8, 4) is 11.5 Å². The van der Waals surface area contributed by atoms with Gasteiger partial charge in [0.2, 0.25) is 6.79 Å². The van der Waals surface area contributed by atoms with E-state index in [4.69, 9.17) is 9.47 Å². The first kappa shape index (κ1) is 22.9. The number of halogens is 3. The number of carbonyl (C=O) groups excluding carboxylic acids is 1. The van der Waals surface area contributed by atoms with Crippen LogP contribution in [0.2, 0.25) is 0 Å². The molecule has 0 unspecified atom stereocenters. The third-order valence-corrected chi connectivity index (χ3v) is 5.45. The zero-order valence-electron chi connectivity index (χ0n) is 16.2. The molecule has 0 heterocycles. The fourth-order valence-corrected chi connectivity index (χ4v) is 3.64. The standard InChI is InChI=1S/C21H23F3O4S/c1-3-16(11-27-18-6-4-17(5-7-18)21(22,23)24)12-29-19-8-9-20(15(2)10-19)28-14-26-13-25/h4-10,13,16H,3,11-12,14H2,1-2H3/t16-/m1/s1. The van der Waals surface area contributed by atoms with Crippen LogP contribution in [0, 0.1) is 12.8 Å². The number of hydrogen-bond donors (Lipinski definition) is 0. The van der Waals surface area contributed by atoms with Gasteiger partial charge in [-0.15, -0.1) is 11.8 Å². The second-order valence-corrected chi connectivity index (χ2v) is 7.46. The van der Waals surface area contributed by atoms with Gasteiger partial charge in [0.1, 0.15) is 11.5 Å². The van der Waals surface area contributed by atoms with Gasteiger partial charge in [-0.25, -0.2) is 0 Å². The van der Waals surface area contributed by atoms with Crippen molar-refractivity contribution >= 4 is 18.2 Å². The molecule has 0 N–H and O–H groups in total. The highest BCUT2D eigenvalue weighted by Gasteiger charge is 2.30. The molecule has 0 spiro atoms. The van der Waals surface area contributed by atoms with Crippen LogP contribution in [0.1, 0.15) is 24.5 Å². The van der Waals surface area contributed by atoms with Crippen molar-refractivity contribution in [3.63, 3.8) is 0 Å². The Labute approximate surface area is 172 Å². The van der Waals surface area contributed by atoms with Gasteiger partial charge in [-0.05, 0) is 61.4 Å². The normalized spacial score (nSPS) is 12.3. The summed E-state index contributed by atoms with van der Waals surface area (Å²) in [5, 5.41) is 0. The zero-order valence-corrected chi connectivity index (χ0v) is 17.0. The minimum Gasteiger partial charge on any atom is -0.493 e. The van der Waals surface area contributed by atoms with E-state index in [2.05, 4.69) is 11.7 Å². The number of alkyl halides is 3. The summed E-state index contributed by atoms with van der Waals surface area (Å²) in [5.41, 5.74) is 0.242. The van der Waals surface area contributed by atoms with Crippen molar-refractivity contribution < 1.29 is 32.2 Å². The Balaban J connectivity index is 1.84. The van der Waals surface area contributed by atoms with E-state index >= 15 is 0 Å². The van der Waals surface area contributed by atoms with Gasteiger partial charge in [0.25, 0.3) is 6.47 Å². The number of ether oxygens (including phenoxy) is 3. The molecule has 2 aromatic rings. The van der Waals surface area contributed by atoms with Gasteiger partial charge in [-0.3, -0.25) is 4.79 Å². The molecule has 2 rings (SSSR count). The highest BCUT2D eigenvalue weighted by atomic mass is 32.2. The molecule has 0 aliphatic heterocycles. The summed E-state index contributed by atoms with van der Waals surface area (Å²) in [4.78, 5) is 11.2. The molecule has 8 heteroatoms. The van der Waals surface area contributed by atoms with Crippen molar-refractivity contribution in [1.82, 2.24) is 0 Å². The molecule has 158 valence electrons. The fourth-order valence-electron chi connectivity index (χ4n) is 2.45. The van der Waals surface area contributed by atoms with Crippen LogP contribution in [-0.2, 0) is 15.7 Å². The van der Waals surface area contributed by atoms with Crippen molar-refractivity contribution in [1.29, 1.82) is 0 Å². The monoisotopic (exact) mass is 428 g/mol. The van der Waals surface area contributed by atoms with Crippen LogP contribution in [0.5, 0.6) is 11.5 Å². The van der Waals surface area contributed by atoms with E-state index in [1.54, 1.807) is 11.8 Å². The summed E-state index contributed by atoms with van der Waals surface area (Å²) in [5.74, 6) is 2.13. The number of benzene rings is 2. The molecule has 0 aliphatic rings. The molecular formula is C21H23F3O4S. The first-order valence-electron chi connectivity index (χ1n) is 9.05. The second kappa shape index (κ2) is 11.0. The number of rotatable bonds is 11. The summed E-state index contributed by atoms with van der Waals surface area (Å²) in [6.07, 6.45) is -3.46. The maximum Gasteiger partial charge on any atom is 0.416 e. The maximum absolute atomic E-state index is 12.6. The van der Waals surface area contributed by atoms with Gasteiger partial charge in [-0.2, -0.15) is 13.2 Å². The smallest absolute Gasteiger partial charge is 0.416 e. The van der Waals surface area contributed by atoms with Crippen LogP contribution < -0.4 is 9.47 Å². The maximum atomic E-state index is 12.6. The fraction of sp³-hybridized carbons (Fsp3) is 0.381. The minimum atomic E-state index is -4.35. The largest absolute Gasteiger partial charge is 0.493 e. The van der Waals surface area contributed by atoms with Gasteiger partial charge in [-0.1, -0.05) is 6.92 Å². The quantitative estimate of drug-likeness (QED) is 0.198. The Kier molecular flexibility index (Phi) is 8.70. The summed E-state index contributed by atoms with van der Waals surface area (Å²) in [6, 6.07) is 10.5. The first-order valence-corrected chi connectivity index (χ1v) is 10.0. The molecule has 0 aliphatic carbocycles. The van der Waals surface area contributed by atoms with E-state index in [0.29, 0.717) is 24.6 Å². The van der Waals surface area contributed by atoms with E-state index in [-0.39, 0.29) is 12.7 Å². The third-order valence-electron chi connectivity index (χ3n) is 4.23. The third kappa shape index (κ3) is 7.53. The van der Waals surface area contributed by atoms with E-state index in [1.807, 2.05) is 25.1 Å². The summed E-state index contributed by atoms with van der Waals surface area (Å²) in [7, 11) is 0. The highest BCUT2D eigenvalue weighted by molar-refractivity contribution is 7.99. The zero-order chi connectivity index (χ0) is 21.3. The Morgan fingerprint density at radius 1 is 1.10 bits per heavy atom. The van der Waals surface area contributed by atoms with Crippen LogP contribution in [0.25, 0.3) is 0 Å². The molecule has 2 aromatic carbocycles. The van der Waals surface area contributed by atoms with Crippen molar-refractivity contribution in [2.45, 2.75) is 31.3 Å². The topological polar surface area (TPSA) is 44.8 Å². The van der Waals surface area contributed by atoms with Crippen molar-refractivity contribution in [2.75, 3.05) is 19.2 Å². The van der Waals surface area contributed by atoms with Crippen molar-refractivity contribution in [3.05, 3.63) is 53.6 Å². The summed E-state index contributed by atoms with van der Waals surface area (Å²) < 4.78 is 53.4. The van der Waals surface area contributed by atoms with Crippen LogP contribution in [0.15, 0.2) is 47.4 Å². The minimum absolute atomic E-state index is 0.129. The molecule has 0 saturated heterocycles. The van der Waals surface area contributed by atoms with Crippen molar-refractivity contribution in [2.24, 2.45) is 5.92 Å². The second-order valence-electron chi connectivity index (χ2n) is 6.37. The number of hydrogen-bond acceptors (Lipinski definition) is 5. The van der Waals surface area contributed by atoms with E-state index < -0.39 is 11.7 Å². The lowest BCUT2D eigenvalue weighted by atomic mass is 10.1. The van der Waals surface area contributed by atoms with E-state index in [9.17, 15) is 18.0 Å². The molecule has 29 heavy (non-hydrogen) atoms. The molecule has 1 atom stereocenters. The van der Waals surface area contributed by atoms with Crippen LogP contribution in [-0.4, -0.2) is 25.6 Å². The van der Waals surface area contributed by atoms with Gasteiger partial charge < -0.3 is 14.2 Å². The predicted octanol–water partition coefficient (Wildman–Crippen LogP) is 5.72. The molecule has 0 amide bonds. The molecule has 4 nitrogen and oxygen atoms in total. The van der Waals surface area contributed by atoms with Gasteiger partial charge >= 0.3 is 6.18 Å². The lowest BCUT2D eigenvalue weighted by Crippen LogP contribution is -2.14. The van der Waals surface area contributed by atoms with Crippen LogP contribution in [0.3, 0.4) is 0 Å². The Morgan fingerprint density at radius 3 is 2.41 bits per heavy atom. The Morgan fingerprint density at radius 2 is 1.83 bits per heavy atom. The molecule has 0 aromatic heterocycles. The number of aryl methyl sites for hydroxylation is 1. The molecule has 0 radical (unpaired) electrons. The molecule has 0 fully saturated rings. The molecule has 0 saturated carbocycles. The lowest BCUT2D eigenvalue weighted by Gasteiger charge is -2.16. The SMILES string of the molecule is CC[C@H](COc1ccc(C(F)(F)F)cc1)CSc1ccc(OCOC=O)c(C)c1. The molecular weight excluding hydrogens is 405 g/mol. The van der Waals surface area contributed by atoms with Gasteiger partial charge in [0.05, 0.1) is 12.2 Å². The average Bonchev–Trinajstić information content (AvgIpc) is 2.69. The number of carbonyl (C=O) groups is 1. The van der Waals surface area contributed by atoms with E-state index in [0.717, 1.165) is 34.8 Å². The lowest BCUT2D eigenvalue weighted by molar-refractivity contribution is -0.137. The van der Waals surface area contributed by atoms with Gasteiger partial charge in [0, 0.05) is 16.6 Å². The number of thioether (sulfide) groups is 1. The summed E-state index contributed by atoms with van der Waals surface area (Å²) in [6.45, 7) is 4.59. The summed E-state index contributed by atoms with van der Waals surface area (Å²) >= 11 is 1.67. The van der Waals surface area contributed by atoms with Crippen LogP contribution in [0.4, 0.5) is 13.2 Å². The van der Waals surface area contributed by atoms with E-state index in [1.165, 1.54) is 12.1 Å². The van der Waals surface area contributed by atoms with Gasteiger partial charge in [0.15, 0.2) is 0 Å². The Hall–Kier alpha value is -2.35. The first-order chi connectivity index (χ1) is 13.8.